The van der Waals surface area contributed by atoms with E-state index in [-0.39, 0.29) is 17.8 Å². The smallest absolute Gasteiger partial charge is 0.135 e. The molecule has 7 nitrogen and oxygen atoms in total. The lowest BCUT2D eigenvalue weighted by atomic mass is 9.86. The van der Waals surface area contributed by atoms with Crippen LogP contribution in [0.1, 0.15) is 49.6 Å². The van der Waals surface area contributed by atoms with Crippen LogP contribution in [0.25, 0.3) is 33.2 Å². The quantitative estimate of drug-likeness (QED) is 0.327. The van der Waals surface area contributed by atoms with Gasteiger partial charge < -0.3 is 14.4 Å². The highest BCUT2D eigenvalue weighted by Crippen LogP contribution is 2.43. The summed E-state index contributed by atoms with van der Waals surface area (Å²) < 4.78 is 25.8. The molecular formula is C30H32FN5O2. The van der Waals surface area contributed by atoms with Crippen LogP contribution in [0.3, 0.4) is 0 Å². The lowest BCUT2D eigenvalue weighted by molar-refractivity contribution is 0.0552. The molecule has 3 aromatic heterocycles. The van der Waals surface area contributed by atoms with Crippen molar-refractivity contribution >= 4 is 21.9 Å². The molecule has 0 radical (unpaired) electrons. The van der Waals surface area contributed by atoms with E-state index in [1.165, 1.54) is 0 Å². The van der Waals surface area contributed by atoms with Crippen molar-refractivity contribution in [3.05, 3.63) is 77.4 Å². The topological polar surface area (TPSA) is 78.0 Å². The van der Waals surface area contributed by atoms with Crippen LogP contribution in [0.5, 0.6) is 0 Å². The fraction of sp³-hybridized carbons (Fsp3) is 0.367. The summed E-state index contributed by atoms with van der Waals surface area (Å²) in [4.78, 5) is 4.73. The van der Waals surface area contributed by atoms with E-state index in [2.05, 4.69) is 27.0 Å². The molecule has 1 atom stereocenters. The number of halogens is 1. The Hall–Kier alpha value is -3.62. The number of nitrogens with zero attached hydrogens (tertiary/aromatic N) is 5. The molecule has 1 N–H and O–H groups in total. The van der Waals surface area contributed by atoms with Crippen molar-refractivity contribution in [2.45, 2.75) is 45.3 Å². The second kappa shape index (κ2) is 9.29. The Labute approximate surface area is 220 Å². The van der Waals surface area contributed by atoms with E-state index in [0.29, 0.717) is 35.2 Å². The average Bonchev–Trinajstić information content (AvgIpc) is 3.41. The molecule has 2 aromatic carbocycles. The fourth-order valence-electron chi connectivity index (χ4n) is 5.92. The first kappa shape index (κ1) is 24.7. The Morgan fingerprint density at radius 2 is 1.82 bits per heavy atom. The summed E-state index contributed by atoms with van der Waals surface area (Å²) in [5.74, 6) is -0.0632. The highest BCUT2D eigenvalue weighted by Gasteiger charge is 2.32. The zero-order valence-electron chi connectivity index (χ0n) is 22.1. The maximum absolute atomic E-state index is 16.1. The predicted molar refractivity (Wildman–Crippen MR) is 145 cm³/mol. The van der Waals surface area contributed by atoms with E-state index >= 15 is 4.39 Å². The zero-order chi connectivity index (χ0) is 26.6. The molecule has 1 saturated heterocycles. The van der Waals surface area contributed by atoms with Crippen molar-refractivity contribution in [2.24, 2.45) is 13.0 Å². The maximum atomic E-state index is 16.1. The van der Waals surface area contributed by atoms with Crippen LogP contribution >= 0.6 is 0 Å². The van der Waals surface area contributed by atoms with Gasteiger partial charge in [0.2, 0.25) is 0 Å². The standard InChI is InChI=1S/C30H32FN5O2/c1-18-28(35(4)34-33-18)21-14-23(31)26-24(15-21)36(25-16-22(30(2,3)37)17-32-27(25)26)29(19-8-6-5-7-9-19)20-10-12-38-13-11-20/h5-9,14-17,20,29,37H,10-13H2,1-4H3/t29-/m1/s1. The van der Waals surface area contributed by atoms with E-state index in [1.54, 1.807) is 30.8 Å². The number of aromatic nitrogens is 5. The van der Waals surface area contributed by atoms with Crippen LogP contribution in [0, 0.1) is 18.7 Å². The van der Waals surface area contributed by atoms with E-state index in [0.717, 1.165) is 40.8 Å². The Bertz CT molecular complexity index is 1610. The normalized spacial score (nSPS) is 15.9. The second-order valence-corrected chi connectivity index (χ2v) is 10.8. The van der Waals surface area contributed by atoms with Crippen LogP contribution in [0.4, 0.5) is 4.39 Å². The Morgan fingerprint density at radius 3 is 2.47 bits per heavy atom. The molecular weight excluding hydrogens is 481 g/mol. The molecule has 0 saturated carbocycles. The summed E-state index contributed by atoms with van der Waals surface area (Å²) in [6.07, 6.45) is 3.44. The molecule has 5 aromatic rings. The van der Waals surface area contributed by atoms with Gasteiger partial charge in [0, 0.05) is 37.6 Å². The van der Waals surface area contributed by atoms with Gasteiger partial charge in [0.15, 0.2) is 0 Å². The molecule has 0 aliphatic carbocycles. The second-order valence-electron chi connectivity index (χ2n) is 10.8. The molecule has 4 heterocycles. The third-order valence-corrected chi connectivity index (χ3v) is 7.80. The maximum Gasteiger partial charge on any atom is 0.135 e. The van der Waals surface area contributed by atoms with Gasteiger partial charge in [0.05, 0.1) is 45.0 Å². The first-order chi connectivity index (χ1) is 18.2. The lowest BCUT2D eigenvalue weighted by Crippen LogP contribution is -2.27. The third-order valence-electron chi connectivity index (χ3n) is 7.80. The average molecular weight is 514 g/mol. The largest absolute Gasteiger partial charge is 0.386 e. The number of hydrogen-bond donors (Lipinski definition) is 1. The van der Waals surface area contributed by atoms with Gasteiger partial charge in [-0.05, 0) is 63.3 Å². The van der Waals surface area contributed by atoms with Gasteiger partial charge >= 0.3 is 0 Å². The number of benzene rings is 2. The van der Waals surface area contributed by atoms with E-state index in [9.17, 15) is 5.11 Å². The fourth-order valence-corrected chi connectivity index (χ4v) is 5.92. The van der Waals surface area contributed by atoms with Gasteiger partial charge in [-0.2, -0.15) is 0 Å². The summed E-state index contributed by atoms with van der Waals surface area (Å²) in [6.45, 7) is 6.75. The van der Waals surface area contributed by atoms with E-state index in [4.69, 9.17) is 9.72 Å². The molecule has 0 amide bonds. The van der Waals surface area contributed by atoms with Crippen LogP contribution in [-0.2, 0) is 17.4 Å². The van der Waals surface area contributed by atoms with Crippen molar-refractivity contribution in [3.63, 3.8) is 0 Å². The number of ether oxygens (including phenoxy) is 1. The van der Waals surface area contributed by atoms with Crippen LogP contribution in [0.15, 0.2) is 54.7 Å². The highest BCUT2D eigenvalue weighted by molar-refractivity contribution is 6.07. The SMILES string of the molecule is Cc1nnn(C)c1-c1cc(F)c2c3ncc(C(C)(C)O)cc3n([C@H](c3ccccc3)C3CCOCC3)c2c1. The Balaban J connectivity index is 1.73. The molecule has 6 rings (SSSR count). The van der Waals surface area contributed by atoms with Crippen molar-refractivity contribution in [2.75, 3.05) is 13.2 Å². The van der Waals surface area contributed by atoms with Crippen molar-refractivity contribution < 1.29 is 14.2 Å². The molecule has 0 bridgehead atoms. The summed E-state index contributed by atoms with van der Waals surface area (Å²) in [5.41, 5.74) is 5.11. The molecule has 196 valence electrons. The summed E-state index contributed by atoms with van der Waals surface area (Å²) in [6, 6.07) is 15.9. The van der Waals surface area contributed by atoms with E-state index in [1.807, 2.05) is 44.3 Å². The Morgan fingerprint density at radius 1 is 1.08 bits per heavy atom. The van der Waals surface area contributed by atoms with Crippen molar-refractivity contribution in [3.8, 4) is 11.3 Å². The third kappa shape index (κ3) is 4.08. The number of fused-ring (bicyclic) bond motifs is 3. The van der Waals surface area contributed by atoms with Crippen LogP contribution in [0.2, 0.25) is 0 Å². The minimum Gasteiger partial charge on any atom is -0.386 e. The first-order valence-corrected chi connectivity index (χ1v) is 13.1. The van der Waals surface area contributed by atoms with Gasteiger partial charge in [0.1, 0.15) is 5.82 Å². The number of rotatable bonds is 5. The summed E-state index contributed by atoms with van der Waals surface area (Å²) in [5, 5.41) is 19.7. The highest BCUT2D eigenvalue weighted by atomic mass is 19.1. The van der Waals surface area contributed by atoms with Gasteiger partial charge in [-0.15, -0.1) is 5.10 Å². The number of hydrogen-bond acceptors (Lipinski definition) is 5. The molecule has 38 heavy (non-hydrogen) atoms. The Kier molecular flexibility index (Phi) is 6.04. The van der Waals surface area contributed by atoms with Gasteiger partial charge in [0.25, 0.3) is 0 Å². The summed E-state index contributed by atoms with van der Waals surface area (Å²) >= 11 is 0. The first-order valence-electron chi connectivity index (χ1n) is 13.1. The monoisotopic (exact) mass is 513 g/mol. The minimum absolute atomic E-state index is 0.0700. The molecule has 1 aliphatic heterocycles. The van der Waals surface area contributed by atoms with Gasteiger partial charge in [-0.1, -0.05) is 35.5 Å². The van der Waals surface area contributed by atoms with Crippen LogP contribution < -0.4 is 0 Å². The predicted octanol–water partition coefficient (Wildman–Crippen LogP) is 5.68. The number of aliphatic hydroxyl groups is 1. The van der Waals surface area contributed by atoms with Crippen molar-refractivity contribution in [1.82, 2.24) is 24.5 Å². The molecule has 0 spiro atoms. The van der Waals surface area contributed by atoms with E-state index < -0.39 is 5.60 Å². The van der Waals surface area contributed by atoms with Crippen LogP contribution in [-0.4, -0.2) is 42.9 Å². The van der Waals surface area contributed by atoms with Crippen molar-refractivity contribution in [1.29, 1.82) is 0 Å². The minimum atomic E-state index is -1.09. The molecule has 8 heteroatoms. The molecule has 1 fully saturated rings. The zero-order valence-corrected chi connectivity index (χ0v) is 22.1. The number of aryl methyl sites for hydroxylation is 2. The molecule has 0 unspecified atom stereocenters. The van der Waals surface area contributed by atoms with Gasteiger partial charge in [-0.25, -0.2) is 9.07 Å². The summed E-state index contributed by atoms with van der Waals surface area (Å²) in [7, 11) is 1.82. The van der Waals surface area contributed by atoms with Gasteiger partial charge in [-0.3, -0.25) is 4.98 Å². The molecule has 1 aliphatic rings. The lowest BCUT2D eigenvalue weighted by Gasteiger charge is -2.33. The number of pyridine rings is 1.